The fourth-order valence-corrected chi connectivity index (χ4v) is 5.64. The molecule has 34 heavy (non-hydrogen) atoms. The summed E-state index contributed by atoms with van der Waals surface area (Å²) in [7, 11) is 1.60. The largest absolute Gasteiger partial charge is 0.497 e. The van der Waals surface area contributed by atoms with Crippen molar-refractivity contribution in [2.75, 3.05) is 7.11 Å². The number of imide groups is 1. The molecule has 7 heteroatoms. The van der Waals surface area contributed by atoms with Gasteiger partial charge in [0.15, 0.2) is 0 Å². The van der Waals surface area contributed by atoms with Gasteiger partial charge in [0.05, 0.1) is 13.0 Å². The zero-order chi connectivity index (χ0) is 24.8. The number of carbonyl (C=O) groups is 2. The molecule has 5 atom stereocenters. The Labute approximate surface area is 210 Å². The lowest BCUT2D eigenvalue weighted by atomic mass is 9.65. The van der Waals surface area contributed by atoms with Gasteiger partial charge >= 0.3 is 6.09 Å². The van der Waals surface area contributed by atoms with Gasteiger partial charge in [0.25, 0.3) is 0 Å². The fraction of sp³-hybridized carbons (Fsp3) is 0.407. The molecule has 0 unspecified atom stereocenters. The summed E-state index contributed by atoms with van der Waals surface area (Å²) in [6, 6.07) is 13.0. The zero-order valence-electron chi connectivity index (χ0n) is 19.9. The zero-order valence-corrected chi connectivity index (χ0v) is 21.4. The van der Waals surface area contributed by atoms with Gasteiger partial charge in [0.2, 0.25) is 5.91 Å². The first-order valence-electron chi connectivity index (χ1n) is 11.3. The Morgan fingerprint density at radius 3 is 2.24 bits per heavy atom. The van der Waals surface area contributed by atoms with Gasteiger partial charge in [-0.2, -0.15) is 0 Å². The predicted octanol–water partition coefficient (Wildman–Crippen LogP) is 6.84. The Morgan fingerprint density at radius 2 is 1.65 bits per heavy atom. The molecule has 4 rings (SSSR count). The van der Waals surface area contributed by atoms with Crippen molar-refractivity contribution in [1.29, 1.82) is 0 Å². The Hall–Kier alpha value is -2.50. The number of allylic oxidation sites excluding steroid dienone is 1. The topological polar surface area (TPSA) is 55.8 Å². The van der Waals surface area contributed by atoms with Gasteiger partial charge in [-0.05, 0) is 63.1 Å². The Kier molecular flexibility index (Phi) is 6.71. The Balaban J connectivity index is 1.79. The van der Waals surface area contributed by atoms with Crippen LogP contribution in [0.4, 0.5) is 4.79 Å². The lowest BCUT2D eigenvalue weighted by Crippen LogP contribution is -2.43. The first-order chi connectivity index (χ1) is 16.0. The summed E-state index contributed by atoms with van der Waals surface area (Å²) in [5.74, 6) is -0.360. The number of amides is 2. The molecule has 0 saturated carbocycles. The second-order valence-electron chi connectivity index (χ2n) is 9.91. The minimum absolute atomic E-state index is 0.102. The molecule has 2 aromatic rings. The van der Waals surface area contributed by atoms with Crippen molar-refractivity contribution in [3.63, 3.8) is 0 Å². The SMILES string of the molecule is COc1ccc([C@@H]2C=C[C@@H]3C(=O)N(C(=O)OC(C)(C)C)[C@@H](C)[C@H]3[C@H]2c2ccc(Cl)cc2)c(Cl)c1. The van der Waals surface area contributed by atoms with Crippen LogP contribution in [0.2, 0.25) is 10.0 Å². The van der Waals surface area contributed by atoms with E-state index in [4.69, 9.17) is 32.7 Å². The van der Waals surface area contributed by atoms with Crippen molar-refractivity contribution < 1.29 is 19.1 Å². The number of halogens is 2. The number of ether oxygens (including phenoxy) is 2. The van der Waals surface area contributed by atoms with E-state index in [-0.39, 0.29) is 29.7 Å². The van der Waals surface area contributed by atoms with Crippen molar-refractivity contribution in [2.24, 2.45) is 11.8 Å². The fourth-order valence-electron chi connectivity index (χ4n) is 5.21. The quantitative estimate of drug-likeness (QED) is 0.432. The third-order valence-electron chi connectivity index (χ3n) is 6.64. The summed E-state index contributed by atoms with van der Waals surface area (Å²) in [5, 5.41) is 1.23. The van der Waals surface area contributed by atoms with Crippen LogP contribution in [0.15, 0.2) is 54.6 Å². The van der Waals surface area contributed by atoms with Gasteiger partial charge in [0.1, 0.15) is 11.4 Å². The van der Waals surface area contributed by atoms with E-state index in [1.165, 1.54) is 4.90 Å². The van der Waals surface area contributed by atoms with E-state index in [0.29, 0.717) is 15.8 Å². The second kappa shape index (κ2) is 9.27. The third kappa shape index (κ3) is 4.56. The molecule has 2 aliphatic rings. The average Bonchev–Trinajstić information content (AvgIpc) is 3.02. The first kappa shape index (κ1) is 24.6. The van der Waals surface area contributed by atoms with Crippen LogP contribution < -0.4 is 4.74 Å². The summed E-state index contributed by atoms with van der Waals surface area (Å²) < 4.78 is 10.9. The van der Waals surface area contributed by atoms with E-state index >= 15 is 0 Å². The molecule has 1 aliphatic heterocycles. The molecule has 5 nitrogen and oxygen atoms in total. The van der Waals surface area contributed by atoms with Gasteiger partial charge in [-0.3, -0.25) is 4.79 Å². The molecular weight excluding hydrogens is 473 g/mol. The minimum Gasteiger partial charge on any atom is -0.497 e. The highest BCUT2D eigenvalue weighted by Gasteiger charge is 2.54. The number of carbonyl (C=O) groups excluding carboxylic acids is 2. The summed E-state index contributed by atoms with van der Waals surface area (Å²) >= 11 is 12.9. The van der Waals surface area contributed by atoms with E-state index in [1.807, 2.05) is 55.5 Å². The van der Waals surface area contributed by atoms with Crippen LogP contribution in [0.5, 0.6) is 5.75 Å². The third-order valence-corrected chi connectivity index (χ3v) is 7.22. The predicted molar refractivity (Wildman–Crippen MR) is 134 cm³/mol. The smallest absolute Gasteiger partial charge is 0.417 e. The van der Waals surface area contributed by atoms with Crippen LogP contribution >= 0.6 is 23.2 Å². The molecular formula is C27H29Cl2NO4. The van der Waals surface area contributed by atoms with Gasteiger partial charge in [-0.1, -0.05) is 53.6 Å². The van der Waals surface area contributed by atoms with Gasteiger partial charge in [-0.15, -0.1) is 0 Å². The van der Waals surface area contributed by atoms with Crippen LogP contribution in [0, 0.1) is 11.8 Å². The number of hydrogen-bond donors (Lipinski definition) is 0. The van der Waals surface area contributed by atoms with Crippen molar-refractivity contribution in [3.05, 3.63) is 75.8 Å². The van der Waals surface area contributed by atoms with E-state index in [2.05, 4.69) is 0 Å². The molecule has 2 amide bonds. The van der Waals surface area contributed by atoms with Gasteiger partial charge in [0, 0.05) is 33.8 Å². The second-order valence-corrected chi connectivity index (χ2v) is 10.8. The highest BCUT2D eigenvalue weighted by molar-refractivity contribution is 6.31. The van der Waals surface area contributed by atoms with Gasteiger partial charge in [-0.25, -0.2) is 9.69 Å². The molecule has 0 bridgehead atoms. The van der Waals surface area contributed by atoms with Crippen molar-refractivity contribution in [2.45, 2.75) is 51.2 Å². The van der Waals surface area contributed by atoms with Crippen LogP contribution in [-0.2, 0) is 9.53 Å². The summed E-state index contributed by atoms with van der Waals surface area (Å²) in [5.41, 5.74) is 1.27. The maximum absolute atomic E-state index is 13.4. The monoisotopic (exact) mass is 501 g/mol. The number of nitrogens with zero attached hydrogens (tertiary/aromatic N) is 1. The summed E-state index contributed by atoms with van der Waals surface area (Å²) in [6.45, 7) is 7.30. The van der Waals surface area contributed by atoms with E-state index in [1.54, 1.807) is 33.9 Å². The molecule has 180 valence electrons. The molecule has 1 aliphatic carbocycles. The molecule has 0 aromatic heterocycles. The number of benzene rings is 2. The lowest BCUT2D eigenvalue weighted by Gasteiger charge is -2.38. The summed E-state index contributed by atoms with van der Waals surface area (Å²) in [4.78, 5) is 27.7. The molecule has 0 N–H and O–H groups in total. The Bertz CT molecular complexity index is 1120. The number of likely N-dealkylation sites (tertiary alicyclic amines) is 1. The Morgan fingerprint density at radius 1 is 1.00 bits per heavy atom. The number of methoxy groups -OCH3 is 1. The number of hydrogen-bond acceptors (Lipinski definition) is 4. The highest BCUT2D eigenvalue weighted by atomic mass is 35.5. The molecule has 1 heterocycles. The molecule has 1 fully saturated rings. The molecule has 0 radical (unpaired) electrons. The maximum atomic E-state index is 13.4. The highest BCUT2D eigenvalue weighted by Crippen LogP contribution is 2.53. The van der Waals surface area contributed by atoms with E-state index in [0.717, 1.165) is 11.1 Å². The first-order valence-corrected chi connectivity index (χ1v) is 12.1. The molecule has 2 aromatic carbocycles. The van der Waals surface area contributed by atoms with Crippen molar-refractivity contribution in [1.82, 2.24) is 4.90 Å². The maximum Gasteiger partial charge on any atom is 0.417 e. The minimum atomic E-state index is -0.699. The average molecular weight is 502 g/mol. The van der Waals surface area contributed by atoms with Crippen LogP contribution in [-0.4, -0.2) is 35.7 Å². The van der Waals surface area contributed by atoms with Crippen LogP contribution in [0.25, 0.3) is 0 Å². The van der Waals surface area contributed by atoms with Gasteiger partial charge < -0.3 is 9.47 Å². The number of fused-ring (bicyclic) bond motifs is 1. The summed E-state index contributed by atoms with van der Waals surface area (Å²) in [6.07, 6.45) is 3.35. The normalized spacial score (nSPS) is 26.4. The van der Waals surface area contributed by atoms with Crippen LogP contribution in [0.3, 0.4) is 0 Å². The molecule has 1 saturated heterocycles. The van der Waals surface area contributed by atoms with E-state index in [9.17, 15) is 9.59 Å². The standard InChI is InChI=1S/C27H29Cl2NO4/c1-15-23-21(25(31)30(15)26(32)34-27(2,3)4)13-12-20(19-11-10-18(33-5)14-22(19)29)24(23)16-6-8-17(28)9-7-16/h6-15,20-21,23-24H,1-5H3/t15-,20-,21-,23+,24-/m0/s1. The molecule has 0 spiro atoms. The van der Waals surface area contributed by atoms with Crippen molar-refractivity contribution >= 4 is 35.2 Å². The lowest BCUT2D eigenvalue weighted by molar-refractivity contribution is -0.130. The number of rotatable bonds is 3. The van der Waals surface area contributed by atoms with Crippen molar-refractivity contribution in [3.8, 4) is 5.75 Å². The van der Waals surface area contributed by atoms with Crippen LogP contribution in [0.1, 0.15) is 50.7 Å². The van der Waals surface area contributed by atoms with E-state index < -0.39 is 17.6 Å².